The molecule has 0 heterocycles. The molecule has 0 saturated carbocycles. The van der Waals surface area contributed by atoms with Crippen LogP contribution in [-0.2, 0) is 9.59 Å². The van der Waals surface area contributed by atoms with E-state index in [1.807, 2.05) is 0 Å². The third-order valence-electron chi connectivity index (χ3n) is 2.01. The van der Waals surface area contributed by atoms with Crippen LogP contribution >= 0.6 is 23.2 Å². The highest BCUT2D eigenvalue weighted by Gasteiger charge is 2.26. The number of hydrogen-bond acceptors (Lipinski definition) is 2. The first-order valence-electron chi connectivity index (χ1n) is 4.31. The van der Waals surface area contributed by atoms with Crippen molar-refractivity contribution < 1.29 is 14.7 Å². The van der Waals surface area contributed by atoms with Gasteiger partial charge in [-0.15, -0.1) is 0 Å². The number of aliphatic carboxylic acids is 1. The number of halogens is 2. The van der Waals surface area contributed by atoms with Crippen molar-refractivity contribution in [2.75, 3.05) is 0 Å². The number of hydrogen-bond donors (Lipinski definition) is 1. The van der Waals surface area contributed by atoms with Crippen molar-refractivity contribution in [1.82, 2.24) is 0 Å². The quantitative estimate of drug-likeness (QED) is 0.668. The van der Waals surface area contributed by atoms with E-state index in [0.717, 1.165) is 6.08 Å². The van der Waals surface area contributed by atoms with Crippen molar-refractivity contribution in [3.05, 3.63) is 46.5 Å². The van der Waals surface area contributed by atoms with Crippen LogP contribution in [0.25, 0.3) is 0 Å². The molecule has 0 aliphatic rings. The van der Waals surface area contributed by atoms with Crippen molar-refractivity contribution in [2.45, 2.75) is 5.92 Å². The molecule has 0 radical (unpaired) electrons. The van der Waals surface area contributed by atoms with E-state index in [1.54, 1.807) is 0 Å². The van der Waals surface area contributed by atoms with Crippen molar-refractivity contribution in [3.8, 4) is 0 Å². The minimum absolute atomic E-state index is 0.210. The molecule has 1 aromatic carbocycles. The number of allylic oxidation sites excluding steroid dienone is 1. The Labute approximate surface area is 102 Å². The number of benzene rings is 1. The predicted octanol–water partition coefficient (Wildman–Crippen LogP) is 2.92. The molecule has 0 aromatic heterocycles. The Morgan fingerprint density at radius 2 is 1.94 bits per heavy atom. The van der Waals surface area contributed by atoms with Crippen molar-refractivity contribution in [2.24, 2.45) is 0 Å². The third-order valence-corrected chi connectivity index (χ3v) is 2.75. The molecule has 0 spiro atoms. The molecule has 1 rings (SSSR count). The first-order valence-corrected chi connectivity index (χ1v) is 5.07. The van der Waals surface area contributed by atoms with Gasteiger partial charge in [0.1, 0.15) is 5.92 Å². The second-order valence-corrected chi connectivity index (χ2v) is 3.87. The standard InChI is InChI=1S/C11H8Cl2O3/c1-2-9(14)10(11(15)16)6-3-4-7(12)8(13)5-6/h2-5,10H,1H2,(H,15,16). The summed E-state index contributed by atoms with van der Waals surface area (Å²) >= 11 is 11.4. The van der Waals surface area contributed by atoms with Gasteiger partial charge in [0.25, 0.3) is 0 Å². The van der Waals surface area contributed by atoms with E-state index in [9.17, 15) is 9.59 Å². The summed E-state index contributed by atoms with van der Waals surface area (Å²) in [5, 5.41) is 9.46. The SMILES string of the molecule is C=CC(=O)C(C(=O)O)c1ccc(Cl)c(Cl)c1. The average Bonchev–Trinajstić information content (AvgIpc) is 2.22. The van der Waals surface area contributed by atoms with Crippen LogP contribution < -0.4 is 0 Å². The van der Waals surface area contributed by atoms with E-state index in [1.165, 1.54) is 18.2 Å². The monoisotopic (exact) mass is 258 g/mol. The van der Waals surface area contributed by atoms with Crippen LogP contribution in [-0.4, -0.2) is 16.9 Å². The van der Waals surface area contributed by atoms with Crippen LogP contribution in [0.4, 0.5) is 0 Å². The fourth-order valence-electron chi connectivity index (χ4n) is 1.24. The van der Waals surface area contributed by atoms with Gasteiger partial charge < -0.3 is 5.11 Å². The van der Waals surface area contributed by atoms with E-state index in [4.69, 9.17) is 28.3 Å². The molecule has 0 aliphatic carbocycles. The molecule has 0 aliphatic heterocycles. The Bertz CT molecular complexity index is 455. The molecule has 5 heteroatoms. The summed E-state index contributed by atoms with van der Waals surface area (Å²) in [6.07, 6.45) is 0.974. The maximum Gasteiger partial charge on any atom is 0.318 e. The maximum absolute atomic E-state index is 11.4. The van der Waals surface area contributed by atoms with Gasteiger partial charge in [0.05, 0.1) is 10.0 Å². The number of ketones is 1. The minimum Gasteiger partial charge on any atom is -0.480 e. The molecule has 1 atom stereocenters. The largest absolute Gasteiger partial charge is 0.480 e. The molecule has 0 bridgehead atoms. The van der Waals surface area contributed by atoms with Gasteiger partial charge in [0.2, 0.25) is 0 Å². The van der Waals surface area contributed by atoms with Crippen molar-refractivity contribution in [1.29, 1.82) is 0 Å². The predicted molar refractivity (Wildman–Crippen MR) is 62.0 cm³/mol. The number of carbonyl (C=O) groups excluding carboxylic acids is 1. The molecule has 1 aromatic rings. The first-order chi connectivity index (χ1) is 7.47. The van der Waals surface area contributed by atoms with Gasteiger partial charge in [-0.1, -0.05) is 35.8 Å². The Balaban J connectivity index is 3.21. The highest BCUT2D eigenvalue weighted by atomic mass is 35.5. The molecule has 0 fully saturated rings. The van der Waals surface area contributed by atoms with Crippen molar-refractivity contribution >= 4 is 35.0 Å². The van der Waals surface area contributed by atoms with Gasteiger partial charge in [-0.3, -0.25) is 9.59 Å². The number of rotatable bonds is 4. The number of carboxylic acid groups (broad SMARTS) is 1. The normalized spacial score (nSPS) is 11.9. The zero-order chi connectivity index (χ0) is 12.3. The van der Waals surface area contributed by atoms with Gasteiger partial charge in [-0.2, -0.15) is 0 Å². The molecular formula is C11H8Cl2O3. The Kier molecular flexibility index (Phi) is 4.10. The lowest BCUT2D eigenvalue weighted by atomic mass is 9.95. The summed E-state index contributed by atoms with van der Waals surface area (Å²) in [5.74, 6) is -3.12. The van der Waals surface area contributed by atoms with Crippen LogP contribution in [0.5, 0.6) is 0 Å². The molecule has 1 unspecified atom stereocenters. The Morgan fingerprint density at radius 3 is 2.38 bits per heavy atom. The zero-order valence-electron chi connectivity index (χ0n) is 8.11. The summed E-state index contributed by atoms with van der Waals surface area (Å²) in [6, 6.07) is 4.27. The average molecular weight is 259 g/mol. The fraction of sp³-hybridized carbons (Fsp3) is 0.0909. The fourth-order valence-corrected chi connectivity index (χ4v) is 1.54. The highest BCUT2D eigenvalue weighted by molar-refractivity contribution is 6.42. The van der Waals surface area contributed by atoms with E-state index in [2.05, 4.69) is 6.58 Å². The molecule has 3 nitrogen and oxygen atoms in total. The van der Waals surface area contributed by atoms with Gasteiger partial charge >= 0.3 is 5.97 Å². The molecule has 84 valence electrons. The molecule has 0 amide bonds. The van der Waals surface area contributed by atoms with E-state index in [-0.39, 0.29) is 10.6 Å². The van der Waals surface area contributed by atoms with Crippen LogP contribution in [0.2, 0.25) is 10.0 Å². The Hall–Kier alpha value is -1.32. The summed E-state index contributed by atoms with van der Waals surface area (Å²) in [6.45, 7) is 3.26. The lowest BCUT2D eigenvalue weighted by Gasteiger charge is -2.10. The first kappa shape index (κ1) is 12.7. The number of carbonyl (C=O) groups is 2. The van der Waals surface area contributed by atoms with Crippen LogP contribution in [0.15, 0.2) is 30.9 Å². The smallest absolute Gasteiger partial charge is 0.318 e. The molecule has 0 saturated heterocycles. The summed E-state index contributed by atoms with van der Waals surface area (Å²) in [7, 11) is 0. The van der Waals surface area contributed by atoms with E-state index < -0.39 is 17.7 Å². The van der Waals surface area contributed by atoms with Gasteiger partial charge in [0.15, 0.2) is 5.78 Å². The summed E-state index contributed by atoms with van der Waals surface area (Å²) in [4.78, 5) is 22.3. The van der Waals surface area contributed by atoms with Crippen LogP contribution in [0.1, 0.15) is 11.5 Å². The molecular weight excluding hydrogens is 251 g/mol. The van der Waals surface area contributed by atoms with Crippen LogP contribution in [0, 0.1) is 0 Å². The number of carboxylic acids is 1. The van der Waals surface area contributed by atoms with E-state index >= 15 is 0 Å². The summed E-state index contributed by atoms with van der Waals surface area (Å²) < 4.78 is 0. The van der Waals surface area contributed by atoms with Gasteiger partial charge in [-0.25, -0.2) is 0 Å². The second kappa shape index (κ2) is 5.14. The zero-order valence-corrected chi connectivity index (χ0v) is 9.63. The second-order valence-electron chi connectivity index (χ2n) is 3.05. The van der Waals surface area contributed by atoms with Gasteiger partial charge in [-0.05, 0) is 23.8 Å². The third kappa shape index (κ3) is 2.62. The lowest BCUT2D eigenvalue weighted by Crippen LogP contribution is -2.19. The highest BCUT2D eigenvalue weighted by Crippen LogP contribution is 2.27. The van der Waals surface area contributed by atoms with E-state index in [0.29, 0.717) is 5.02 Å². The Morgan fingerprint density at radius 1 is 1.31 bits per heavy atom. The molecule has 1 N–H and O–H groups in total. The van der Waals surface area contributed by atoms with Crippen LogP contribution in [0.3, 0.4) is 0 Å². The summed E-state index contributed by atoms with van der Waals surface area (Å²) in [5.41, 5.74) is 0.284. The maximum atomic E-state index is 11.4. The van der Waals surface area contributed by atoms with Gasteiger partial charge in [0, 0.05) is 0 Å². The molecule has 16 heavy (non-hydrogen) atoms. The minimum atomic E-state index is -1.28. The van der Waals surface area contributed by atoms with Crippen molar-refractivity contribution in [3.63, 3.8) is 0 Å². The lowest BCUT2D eigenvalue weighted by molar-refractivity contribution is -0.141. The topological polar surface area (TPSA) is 54.4 Å².